The van der Waals surface area contributed by atoms with Gasteiger partial charge in [0.05, 0.1) is 6.04 Å². The summed E-state index contributed by atoms with van der Waals surface area (Å²) < 4.78 is 0. The van der Waals surface area contributed by atoms with Gasteiger partial charge in [-0.15, -0.1) is 0 Å². The van der Waals surface area contributed by atoms with Gasteiger partial charge < -0.3 is 15.5 Å². The fourth-order valence-electron chi connectivity index (χ4n) is 5.04. The third-order valence-corrected chi connectivity index (χ3v) is 6.66. The van der Waals surface area contributed by atoms with Gasteiger partial charge in [-0.25, -0.2) is 0 Å². The Morgan fingerprint density at radius 3 is 2.48 bits per heavy atom. The molecule has 0 spiro atoms. The first-order valence-corrected chi connectivity index (χ1v) is 11.8. The van der Waals surface area contributed by atoms with E-state index >= 15 is 0 Å². The van der Waals surface area contributed by atoms with Crippen LogP contribution in [-0.4, -0.2) is 23.3 Å². The summed E-state index contributed by atoms with van der Waals surface area (Å²) in [6, 6.07) is 23.9. The van der Waals surface area contributed by atoms with E-state index in [4.69, 9.17) is 0 Å². The number of carbonyl (C=O) groups excluding carboxylic acids is 2. The molecular weight excluding hydrogens is 410 g/mol. The first kappa shape index (κ1) is 21.3. The lowest BCUT2D eigenvalue weighted by Crippen LogP contribution is -2.37. The third kappa shape index (κ3) is 3.99. The summed E-state index contributed by atoms with van der Waals surface area (Å²) in [4.78, 5) is 27.9. The molecule has 0 aromatic heterocycles. The molecule has 1 aliphatic carbocycles. The molecule has 2 aliphatic rings. The van der Waals surface area contributed by atoms with Crippen molar-refractivity contribution in [1.29, 1.82) is 0 Å². The van der Waals surface area contributed by atoms with E-state index in [0.29, 0.717) is 12.1 Å². The monoisotopic (exact) mass is 439 g/mol. The van der Waals surface area contributed by atoms with Crippen molar-refractivity contribution in [1.82, 2.24) is 10.2 Å². The topological polar surface area (TPSA) is 61.4 Å². The molecule has 3 aromatic rings. The van der Waals surface area contributed by atoms with E-state index in [1.807, 2.05) is 60.4 Å². The normalized spacial score (nSPS) is 19.1. The number of hydrogen-bond acceptors (Lipinski definition) is 3. The summed E-state index contributed by atoms with van der Waals surface area (Å²) >= 11 is 0. The van der Waals surface area contributed by atoms with Gasteiger partial charge in [0.1, 0.15) is 6.17 Å². The molecule has 0 saturated carbocycles. The fourth-order valence-corrected chi connectivity index (χ4v) is 5.04. The highest BCUT2D eigenvalue weighted by molar-refractivity contribution is 6.00. The van der Waals surface area contributed by atoms with Gasteiger partial charge in [0.2, 0.25) is 0 Å². The Morgan fingerprint density at radius 2 is 1.70 bits per heavy atom. The lowest BCUT2D eigenvalue weighted by Gasteiger charge is -2.37. The van der Waals surface area contributed by atoms with Crippen LogP contribution >= 0.6 is 0 Å². The summed E-state index contributed by atoms with van der Waals surface area (Å²) in [6.07, 6.45) is 3.72. The number of nitrogens with zero attached hydrogens (tertiary/aromatic N) is 1. The predicted octanol–water partition coefficient (Wildman–Crippen LogP) is 5.47. The molecular formula is C28H29N3O2. The molecule has 5 rings (SSSR count). The SMILES string of the molecule is CCCNC(=O)c1ccc(NC2c3ccccc3C(=O)N2C2CCCc3ccccc32)cc1. The van der Waals surface area contributed by atoms with Crippen molar-refractivity contribution in [3.63, 3.8) is 0 Å². The first-order valence-electron chi connectivity index (χ1n) is 11.8. The highest BCUT2D eigenvalue weighted by Gasteiger charge is 2.42. The minimum Gasteiger partial charge on any atom is -0.361 e. The van der Waals surface area contributed by atoms with Crippen molar-refractivity contribution in [2.45, 2.75) is 44.8 Å². The zero-order valence-electron chi connectivity index (χ0n) is 18.9. The molecule has 0 bridgehead atoms. The van der Waals surface area contributed by atoms with Crippen molar-refractivity contribution in [3.05, 3.63) is 101 Å². The van der Waals surface area contributed by atoms with Crippen LogP contribution in [0.1, 0.15) is 75.8 Å². The number of aryl methyl sites for hydroxylation is 1. The Kier molecular flexibility index (Phi) is 5.86. The van der Waals surface area contributed by atoms with Crippen molar-refractivity contribution >= 4 is 17.5 Å². The molecule has 33 heavy (non-hydrogen) atoms. The zero-order chi connectivity index (χ0) is 22.8. The number of benzene rings is 3. The predicted molar refractivity (Wildman–Crippen MR) is 130 cm³/mol. The average Bonchev–Trinajstić information content (AvgIpc) is 3.14. The van der Waals surface area contributed by atoms with Crippen LogP contribution in [0.15, 0.2) is 72.8 Å². The second-order valence-electron chi connectivity index (χ2n) is 8.79. The van der Waals surface area contributed by atoms with Crippen LogP contribution in [0.3, 0.4) is 0 Å². The molecule has 2 amide bonds. The number of nitrogens with one attached hydrogen (secondary N) is 2. The molecule has 0 fully saturated rings. The van der Waals surface area contributed by atoms with E-state index in [1.54, 1.807) is 0 Å². The van der Waals surface area contributed by atoms with E-state index in [-0.39, 0.29) is 24.0 Å². The lowest BCUT2D eigenvalue weighted by atomic mass is 9.86. The maximum atomic E-state index is 13.6. The maximum Gasteiger partial charge on any atom is 0.256 e. The smallest absolute Gasteiger partial charge is 0.256 e. The summed E-state index contributed by atoms with van der Waals surface area (Å²) in [7, 11) is 0. The fraction of sp³-hybridized carbons (Fsp3) is 0.286. The van der Waals surface area contributed by atoms with Crippen LogP contribution in [0, 0.1) is 0 Å². The summed E-state index contributed by atoms with van der Waals surface area (Å²) in [6.45, 7) is 2.70. The Bertz CT molecular complexity index is 1170. The van der Waals surface area contributed by atoms with E-state index in [2.05, 4.69) is 34.9 Å². The largest absolute Gasteiger partial charge is 0.361 e. The van der Waals surface area contributed by atoms with Crippen LogP contribution in [0.25, 0.3) is 0 Å². The van der Waals surface area contributed by atoms with E-state index < -0.39 is 0 Å². The molecule has 2 unspecified atom stereocenters. The van der Waals surface area contributed by atoms with Gasteiger partial charge in [-0.3, -0.25) is 9.59 Å². The van der Waals surface area contributed by atoms with Gasteiger partial charge in [0, 0.05) is 28.9 Å². The Morgan fingerprint density at radius 1 is 0.970 bits per heavy atom. The van der Waals surface area contributed by atoms with Crippen molar-refractivity contribution in [2.75, 3.05) is 11.9 Å². The summed E-state index contributed by atoms with van der Waals surface area (Å²) in [5.74, 6) is 0.00518. The molecule has 3 aromatic carbocycles. The highest BCUT2D eigenvalue weighted by atomic mass is 16.2. The first-order chi connectivity index (χ1) is 16.2. The number of fused-ring (bicyclic) bond motifs is 2. The standard InChI is InChI=1S/C28H29N3O2/c1-2-18-29-27(32)20-14-16-21(17-15-20)30-26-23-11-5-6-12-24(23)28(33)31(26)25-13-7-9-19-8-3-4-10-22(19)25/h3-6,8,10-12,14-17,25-26,30H,2,7,9,13,18H2,1H3,(H,29,32). The van der Waals surface area contributed by atoms with Crippen LogP contribution in [0.5, 0.6) is 0 Å². The molecule has 5 heteroatoms. The van der Waals surface area contributed by atoms with E-state index in [9.17, 15) is 9.59 Å². The van der Waals surface area contributed by atoms with Crippen LogP contribution < -0.4 is 10.6 Å². The quantitative estimate of drug-likeness (QED) is 0.535. The minimum absolute atomic E-state index is 0.0337. The Labute approximate surface area is 194 Å². The van der Waals surface area contributed by atoms with Gasteiger partial charge in [-0.1, -0.05) is 49.4 Å². The van der Waals surface area contributed by atoms with E-state index in [1.165, 1.54) is 11.1 Å². The lowest BCUT2D eigenvalue weighted by molar-refractivity contribution is 0.0627. The highest BCUT2D eigenvalue weighted by Crippen LogP contribution is 2.44. The average molecular weight is 440 g/mol. The molecule has 1 aliphatic heterocycles. The van der Waals surface area contributed by atoms with Crippen molar-refractivity contribution in [2.24, 2.45) is 0 Å². The van der Waals surface area contributed by atoms with Gasteiger partial charge in [0.15, 0.2) is 0 Å². The number of carbonyl (C=O) groups is 2. The molecule has 0 radical (unpaired) electrons. The van der Waals surface area contributed by atoms with Crippen molar-refractivity contribution < 1.29 is 9.59 Å². The second-order valence-corrected chi connectivity index (χ2v) is 8.79. The number of amides is 2. The molecule has 5 nitrogen and oxygen atoms in total. The molecule has 168 valence electrons. The number of hydrogen-bond donors (Lipinski definition) is 2. The van der Waals surface area contributed by atoms with Crippen LogP contribution in [0.4, 0.5) is 5.69 Å². The second kappa shape index (κ2) is 9.10. The number of anilines is 1. The van der Waals surface area contributed by atoms with Crippen molar-refractivity contribution in [3.8, 4) is 0 Å². The van der Waals surface area contributed by atoms with Gasteiger partial charge in [-0.2, -0.15) is 0 Å². The Balaban J connectivity index is 1.46. The third-order valence-electron chi connectivity index (χ3n) is 6.66. The van der Waals surface area contributed by atoms with Gasteiger partial charge in [-0.05, 0) is 67.1 Å². The summed E-state index contributed by atoms with van der Waals surface area (Å²) in [5.41, 5.74) is 5.85. The van der Waals surface area contributed by atoms with Crippen LogP contribution in [-0.2, 0) is 6.42 Å². The van der Waals surface area contributed by atoms with E-state index in [0.717, 1.165) is 42.5 Å². The molecule has 2 N–H and O–H groups in total. The van der Waals surface area contributed by atoms with Gasteiger partial charge >= 0.3 is 0 Å². The maximum absolute atomic E-state index is 13.6. The van der Waals surface area contributed by atoms with Crippen LogP contribution in [0.2, 0.25) is 0 Å². The Hall–Kier alpha value is -3.60. The number of rotatable bonds is 6. The minimum atomic E-state index is -0.260. The zero-order valence-corrected chi connectivity index (χ0v) is 18.9. The molecule has 0 saturated heterocycles. The molecule has 1 heterocycles. The van der Waals surface area contributed by atoms with Gasteiger partial charge in [0.25, 0.3) is 11.8 Å². The molecule has 2 atom stereocenters. The summed E-state index contributed by atoms with van der Waals surface area (Å²) in [5, 5.41) is 6.50.